The minimum Gasteiger partial charge on any atom is -0.478 e. The molecule has 4 N–H and O–H groups in total. The number of nitrogens with zero attached hydrogens (tertiary/aromatic N) is 3. The fraction of sp³-hybridized carbons (Fsp3) is 0.484. The Hall–Kier alpha value is -3.92. The number of nitrogens with one attached hydrogen (secondary N) is 2. The highest BCUT2D eigenvalue weighted by atomic mass is 16.4. The number of benzene rings is 1. The van der Waals surface area contributed by atoms with Gasteiger partial charge in [0.05, 0.1) is 12.2 Å². The number of imidazole rings is 1. The van der Waals surface area contributed by atoms with Gasteiger partial charge in [0.25, 0.3) is 0 Å². The van der Waals surface area contributed by atoms with Gasteiger partial charge in [-0.15, -0.1) is 0 Å². The standard InChI is InChI=1S/C27H37N5O.C4H4O4/c1-4-11-32-16-19-13-25-22(21-7-6-8-24(32)26(19)21)12-20(15-31(25)3)27(33)29-10-9-18(5-2)23-14-28-17-30-23;5-3(6)1-2-4(7)8/h6-8,14,16-18,20,22,25H,4-5,9-13,15H2,1-3H3,(H,28,30)(H,29,33);1-2H,(H,5,6)(H,7,8)/b;2-1-/t18?,20-,22?,25-;/m1./s1. The number of piperidine rings is 1. The number of likely N-dealkylation sites (tertiary alicyclic amines) is 1. The smallest absolute Gasteiger partial charge is 0.328 e. The molecule has 220 valence electrons. The van der Waals surface area contributed by atoms with Gasteiger partial charge >= 0.3 is 11.9 Å². The maximum Gasteiger partial charge on any atom is 0.328 e. The summed E-state index contributed by atoms with van der Waals surface area (Å²) in [6, 6.07) is 7.26. The lowest BCUT2D eigenvalue weighted by Gasteiger charge is -2.45. The van der Waals surface area contributed by atoms with E-state index in [1.807, 2.05) is 6.20 Å². The van der Waals surface area contributed by atoms with E-state index < -0.39 is 11.9 Å². The van der Waals surface area contributed by atoms with Gasteiger partial charge in [0.15, 0.2) is 0 Å². The van der Waals surface area contributed by atoms with Gasteiger partial charge in [-0.2, -0.15) is 0 Å². The SMILES string of the molecule is CCCn1cc2c3c(cccc31)C1C[C@@H](C(=O)NCCC(CC)c3cnc[nH]3)CN(C)[C@@H]1C2.O=C(O)/C=C\C(=O)O. The maximum atomic E-state index is 13.2. The van der Waals surface area contributed by atoms with Gasteiger partial charge < -0.3 is 30.0 Å². The van der Waals surface area contributed by atoms with Gasteiger partial charge in [0, 0.05) is 78.7 Å². The number of aromatic amines is 1. The number of carbonyl (C=O) groups excluding carboxylic acids is 1. The topological polar surface area (TPSA) is 141 Å². The van der Waals surface area contributed by atoms with Crippen LogP contribution in [0, 0.1) is 5.92 Å². The Morgan fingerprint density at radius 2 is 1.95 bits per heavy atom. The van der Waals surface area contributed by atoms with Crippen LogP contribution in [0.2, 0.25) is 0 Å². The summed E-state index contributed by atoms with van der Waals surface area (Å²) in [4.78, 5) is 42.1. The molecule has 0 saturated carbocycles. The molecular formula is C31H41N5O5. The number of aliphatic carboxylic acids is 2. The van der Waals surface area contributed by atoms with E-state index in [0.29, 0.717) is 36.6 Å². The molecule has 1 saturated heterocycles. The number of likely N-dealkylation sites (N-methyl/N-ethyl adjacent to an activating group) is 1. The summed E-state index contributed by atoms with van der Waals surface area (Å²) in [6.45, 7) is 7.04. The molecule has 10 heteroatoms. The molecule has 0 bridgehead atoms. The molecule has 2 aliphatic rings. The number of aromatic nitrogens is 3. The Labute approximate surface area is 240 Å². The highest BCUT2D eigenvalue weighted by Crippen LogP contribution is 2.45. The van der Waals surface area contributed by atoms with E-state index in [1.54, 1.807) is 6.33 Å². The van der Waals surface area contributed by atoms with Crippen molar-refractivity contribution < 1.29 is 24.6 Å². The van der Waals surface area contributed by atoms with Crippen LogP contribution in [0.3, 0.4) is 0 Å². The van der Waals surface area contributed by atoms with E-state index in [0.717, 1.165) is 50.9 Å². The molecular weight excluding hydrogens is 522 g/mol. The van der Waals surface area contributed by atoms with Crippen molar-refractivity contribution in [1.29, 1.82) is 0 Å². The van der Waals surface area contributed by atoms with E-state index in [1.165, 1.54) is 22.0 Å². The van der Waals surface area contributed by atoms with Crippen molar-refractivity contribution in [1.82, 2.24) is 24.8 Å². The molecule has 3 aromatic rings. The number of H-pyrrole nitrogens is 1. The molecule has 2 aromatic heterocycles. The van der Waals surface area contributed by atoms with Crippen LogP contribution < -0.4 is 5.32 Å². The summed E-state index contributed by atoms with van der Waals surface area (Å²) in [5.41, 5.74) is 5.45. The lowest BCUT2D eigenvalue weighted by Crippen LogP contribution is -2.51. The van der Waals surface area contributed by atoms with E-state index in [-0.39, 0.29) is 11.8 Å². The number of hydrogen-bond acceptors (Lipinski definition) is 5. The first-order chi connectivity index (χ1) is 19.7. The van der Waals surface area contributed by atoms with E-state index in [4.69, 9.17) is 10.2 Å². The monoisotopic (exact) mass is 563 g/mol. The Morgan fingerprint density at radius 1 is 1.20 bits per heavy atom. The molecule has 10 nitrogen and oxygen atoms in total. The van der Waals surface area contributed by atoms with Gasteiger partial charge in [0.2, 0.25) is 5.91 Å². The number of hydrogen-bond donors (Lipinski definition) is 4. The minimum atomic E-state index is -1.26. The first-order valence-corrected chi connectivity index (χ1v) is 14.4. The van der Waals surface area contributed by atoms with Crippen LogP contribution in [-0.2, 0) is 27.3 Å². The highest BCUT2D eigenvalue weighted by molar-refractivity contribution is 5.90. The number of rotatable bonds is 10. The van der Waals surface area contributed by atoms with Crippen molar-refractivity contribution in [2.24, 2.45) is 5.92 Å². The molecule has 5 rings (SSSR count). The van der Waals surface area contributed by atoms with E-state index >= 15 is 0 Å². The van der Waals surface area contributed by atoms with Gasteiger partial charge in [-0.25, -0.2) is 14.6 Å². The molecule has 1 aliphatic carbocycles. The fourth-order valence-electron chi connectivity index (χ4n) is 6.46. The van der Waals surface area contributed by atoms with Gasteiger partial charge in [-0.1, -0.05) is 26.0 Å². The summed E-state index contributed by atoms with van der Waals surface area (Å²) in [7, 11) is 2.20. The minimum absolute atomic E-state index is 0.0398. The number of aryl methyl sites for hydroxylation is 1. The van der Waals surface area contributed by atoms with Crippen LogP contribution in [0.25, 0.3) is 10.9 Å². The second kappa shape index (κ2) is 13.6. The average Bonchev–Trinajstić information content (AvgIpc) is 3.60. The third-order valence-electron chi connectivity index (χ3n) is 8.37. The summed E-state index contributed by atoms with van der Waals surface area (Å²) >= 11 is 0. The number of carboxylic acids is 2. The van der Waals surface area contributed by atoms with Crippen LogP contribution in [0.5, 0.6) is 0 Å². The maximum absolute atomic E-state index is 13.2. The molecule has 41 heavy (non-hydrogen) atoms. The van der Waals surface area contributed by atoms with Gasteiger partial charge in [0.1, 0.15) is 0 Å². The third kappa shape index (κ3) is 7.05. The number of carboxylic acid groups (broad SMARTS) is 2. The Kier molecular flexibility index (Phi) is 9.99. The van der Waals surface area contributed by atoms with Crippen molar-refractivity contribution >= 4 is 28.7 Å². The van der Waals surface area contributed by atoms with Crippen LogP contribution in [0.1, 0.15) is 68.2 Å². The number of amides is 1. The summed E-state index contributed by atoms with van der Waals surface area (Å²) in [6.07, 6.45) is 12.3. The number of fused-ring (bicyclic) bond motifs is 2. The van der Waals surface area contributed by atoms with E-state index in [2.05, 4.69) is 70.0 Å². The Bertz CT molecular complexity index is 1360. The van der Waals surface area contributed by atoms with Gasteiger partial charge in [-0.3, -0.25) is 4.79 Å². The Balaban J connectivity index is 0.000000426. The zero-order valence-electron chi connectivity index (χ0n) is 24.0. The zero-order valence-corrected chi connectivity index (χ0v) is 24.0. The molecule has 3 heterocycles. The van der Waals surface area contributed by atoms with E-state index in [9.17, 15) is 14.4 Å². The van der Waals surface area contributed by atoms with Crippen LogP contribution in [0.4, 0.5) is 0 Å². The first kappa shape index (κ1) is 30.0. The Morgan fingerprint density at radius 3 is 2.59 bits per heavy atom. The molecule has 1 aromatic carbocycles. The van der Waals surface area contributed by atoms with Crippen molar-refractivity contribution in [3.05, 3.63) is 65.9 Å². The summed E-state index contributed by atoms with van der Waals surface area (Å²) in [5, 5.41) is 20.3. The summed E-state index contributed by atoms with van der Waals surface area (Å²) in [5.74, 6) is -1.44. The van der Waals surface area contributed by atoms with Crippen molar-refractivity contribution in [2.45, 2.75) is 70.4 Å². The molecule has 4 atom stereocenters. The molecule has 1 fully saturated rings. The first-order valence-electron chi connectivity index (χ1n) is 14.4. The molecule has 1 amide bonds. The second-order valence-corrected chi connectivity index (χ2v) is 11.0. The average molecular weight is 564 g/mol. The predicted molar refractivity (Wildman–Crippen MR) is 157 cm³/mol. The zero-order chi connectivity index (χ0) is 29.5. The largest absolute Gasteiger partial charge is 0.478 e. The predicted octanol–water partition coefficient (Wildman–Crippen LogP) is 4.15. The molecule has 1 aliphatic heterocycles. The van der Waals surface area contributed by atoms with Crippen molar-refractivity contribution in [2.75, 3.05) is 20.1 Å². The molecule has 0 radical (unpaired) electrons. The van der Waals surface area contributed by atoms with Gasteiger partial charge in [-0.05, 0) is 56.3 Å². The second-order valence-electron chi connectivity index (χ2n) is 11.0. The molecule has 0 spiro atoms. The fourth-order valence-corrected chi connectivity index (χ4v) is 6.46. The van der Waals surface area contributed by atoms with Crippen molar-refractivity contribution in [3.63, 3.8) is 0 Å². The quantitative estimate of drug-likeness (QED) is 0.272. The molecule has 2 unspecified atom stereocenters. The summed E-state index contributed by atoms with van der Waals surface area (Å²) < 4.78 is 2.43. The van der Waals surface area contributed by atoms with Crippen LogP contribution in [-0.4, -0.2) is 73.7 Å². The normalized spacial score (nSPS) is 20.7. The third-order valence-corrected chi connectivity index (χ3v) is 8.37. The van der Waals surface area contributed by atoms with Crippen LogP contribution in [0.15, 0.2) is 49.1 Å². The lowest BCUT2D eigenvalue weighted by atomic mass is 9.72. The van der Waals surface area contributed by atoms with Crippen molar-refractivity contribution in [3.8, 4) is 0 Å². The highest BCUT2D eigenvalue weighted by Gasteiger charge is 2.41. The number of carbonyl (C=O) groups is 3. The van der Waals surface area contributed by atoms with Crippen LogP contribution >= 0.6 is 0 Å². The lowest BCUT2D eigenvalue weighted by molar-refractivity contribution is -0.134.